The van der Waals surface area contributed by atoms with Crippen molar-refractivity contribution < 1.29 is 9.31 Å². The number of rotatable bonds is 7. The second kappa shape index (κ2) is 8.93. The first-order chi connectivity index (χ1) is 14.2. The normalized spacial score (nSPS) is 18.3. The maximum atomic E-state index is 9.13. The number of nitriles is 1. The van der Waals surface area contributed by atoms with Crippen molar-refractivity contribution in [3.05, 3.63) is 71.8 Å². The zero-order valence-corrected chi connectivity index (χ0v) is 19.8. The first kappa shape index (κ1) is 22.6. The summed E-state index contributed by atoms with van der Waals surface area (Å²) in [6.07, 6.45) is 2.25. The smallest absolute Gasteiger partial charge is 0.400 e. The number of hydrogen-bond acceptors (Lipinski definition) is 3. The SMILES string of the molecule is CC1(C)OB(/C=C(\CCCC#N)[Si](C)(c2ccccc2)c2ccccc2)OC1(C)C. The molecule has 0 unspecified atom stereocenters. The lowest BCUT2D eigenvalue weighted by Gasteiger charge is -2.32. The predicted octanol–water partition coefficient (Wildman–Crippen LogP) is 4.67. The Labute approximate surface area is 182 Å². The molecule has 0 radical (unpaired) electrons. The summed E-state index contributed by atoms with van der Waals surface area (Å²) in [6, 6.07) is 23.8. The van der Waals surface area contributed by atoms with E-state index in [2.05, 4.69) is 107 Å². The molecule has 0 aromatic heterocycles. The van der Waals surface area contributed by atoms with Gasteiger partial charge in [0.2, 0.25) is 0 Å². The molecular weight excluding hydrogens is 385 g/mol. The molecule has 5 heteroatoms. The Morgan fingerprint density at radius 2 is 1.40 bits per heavy atom. The first-order valence-electron chi connectivity index (χ1n) is 10.8. The maximum Gasteiger partial charge on any atom is 0.486 e. The van der Waals surface area contributed by atoms with Gasteiger partial charge in [-0.05, 0) is 50.9 Å². The third-order valence-corrected chi connectivity index (χ3v) is 11.4. The fourth-order valence-corrected chi connectivity index (χ4v) is 8.00. The Bertz CT molecular complexity index is 864. The molecular formula is C25H32BNO2Si. The molecule has 1 aliphatic rings. The number of benzene rings is 2. The second-order valence-corrected chi connectivity index (χ2v) is 13.2. The molecule has 0 N–H and O–H groups in total. The Hall–Kier alpha value is -2.13. The summed E-state index contributed by atoms with van der Waals surface area (Å²) >= 11 is 0. The third-order valence-electron chi connectivity index (χ3n) is 6.69. The van der Waals surface area contributed by atoms with Gasteiger partial charge in [0.1, 0.15) is 8.07 Å². The maximum absolute atomic E-state index is 9.13. The zero-order chi connectivity index (χ0) is 21.8. The average molecular weight is 417 g/mol. The van der Waals surface area contributed by atoms with Crippen molar-refractivity contribution in [1.29, 1.82) is 5.26 Å². The highest BCUT2D eigenvalue weighted by Gasteiger charge is 2.51. The van der Waals surface area contributed by atoms with Crippen LogP contribution in [0, 0.1) is 11.3 Å². The van der Waals surface area contributed by atoms with Gasteiger partial charge in [-0.1, -0.05) is 78.4 Å². The van der Waals surface area contributed by atoms with Crippen LogP contribution in [0.25, 0.3) is 0 Å². The van der Waals surface area contributed by atoms with E-state index >= 15 is 0 Å². The van der Waals surface area contributed by atoms with Gasteiger partial charge in [0.05, 0.1) is 17.3 Å². The van der Waals surface area contributed by atoms with Gasteiger partial charge in [0, 0.05) is 6.42 Å². The summed E-state index contributed by atoms with van der Waals surface area (Å²) in [5.41, 5.74) is -0.743. The molecule has 1 heterocycles. The minimum absolute atomic E-state index is 0.372. The van der Waals surface area contributed by atoms with Gasteiger partial charge >= 0.3 is 7.12 Å². The average Bonchev–Trinajstić information content (AvgIpc) is 2.94. The Morgan fingerprint density at radius 3 is 1.83 bits per heavy atom. The summed E-state index contributed by atoms with van der Waals surface area (Å²) in [5.74, 6) is 2.21. The van der Waals surface area contributed by atoms with Gasteiger partial charge in [-0.3, -0.25) is 0 Å². The molecule has 0 atom stereocenters. The summed E-state index contributed by atoms with van der Waals surface area (Å²) in [5, 5.41) is 13.2. The molecule has 156 valence electrons. The fourth-order valence-electron chi connectivity index (χ4n) is 4.06. The van der Waals surface area contributed by atoms with E-state index in [0.29, 0.717) is 6.42 Å². The number of unbranched alkanes of at least 4 members (excludes halogenated alkanes) is 1. The first-order valence-corrected chi connectivity index (χ1v) is 13.3. The molecule has 0 bridgehead atoms. The minimum atomic E-state index is -2.25. The van der Waals surface area contributed by atoms with Crippen LogP contribution in [-0.2, 0) is 9.31 Å². The summed E-state index contributed by atoms with van der Waals surface area (Å²) in [7, 11) is -2.63. The molecule has 30 heavy (non-hydrogen) atoms. The minimum Gasteiger partial charge on any atom is -0.400 e. The van der Waals surface area contributed by atoms with E-state index in [1.807, 2.05) is 0 Å². The highest BCUT2D eigenvalue weighted by Crippen LogP contribution is 2.38. The van der Waals surface area contributed by atoms with Gasteiger partial charge in [-0.2, -0.15) is 5.26 Å². The molecule has 0 spiro atoms. The van der Waals surface area contributed by atoms with Crippen molar-refractivity contribution in [2.75, 3.05) is 0 Å². The van der Waals surface area contributed by atoms with Crippen LogP contribution in [0.15, 0.2) is 71.8 Å². The van der Waals surface area contributed by atoms with Gasteiger partial charge < -0.3 is 9.31 Å². The molecule has 0 saturated carbocycles. The molecule has 2 aromatic rings. The molecule has 0 amide bonds. The monoisotopic (exact) mass is 417 g/mol. The largest absolute Gasteiger partial charge is 0.486 e. The van der Waals surface area contributed by atoms with Crippen LogP contribution in [0.4, 0.5) is 0 Å². The van der Waals surface area contributed by atoms with Crippen molar-refractivity contribution in [3.63, 3.8) is 0 Å². The lowest BCUT2D eigenvalue weighted by atomic mass is 9.89. The van der Waals surface area contributed by atoms with Crippen LogP contribution >= 0.6 is 0 Å². The Morgan fingerprint density at radius 1 is 0.933 bits per heavy atom. The molecule has 2 aromatic carbocycles. The zero-order valence-electron chi connectivity index (χ0n) is 18.8. The van der Waals surface area contributed by atoms with Crippen LogP contribution in [0.1, 0.15) is 47.0 Å². The van der Waals surface area contributed by atoms with E-state index < -0.39 is 8.07 Å². The van der Waals surface area contributed by atoms with Gasteiger partial charge in [-0.15, -0.1) is 0 Å². The number of nitrogens with zero attached hydrogens (tertiary/aromatic N) is 1. The molecule has 1 saturated heterocycles. The lowest BCUT2D eigenvalue weighted by Crippen LogP contribution is -2.58. The quantitative estimate of drug-likeness (QED) is 0.486. The van der Waals surface area contributed by atoms with Crippen molar-refractivity contribution in [3.8, 4) is 6.07 Å². The van der Waals surface area contributed by atoms with E-state index in [4.69, 9.17) is 14.6 Å². The van der Waals surface area contributed by atoms with Gasteiger partial charge in [0.15, 0.2) is 0 Å². The molecule has 1 aliphatic heterocycles. The predicted molar refractivity (Wildman–Crippen MR) is 127 cm³/mol. The summed E-state index contributed by atoms with van der Waals surface area (Å²) < 4.78 is 12.7. The van der Waals surface area contributed by atoms with Crippen molar-refractivity contribution >= 4 is 25.6 Å². The summed E-state index contributed by atoms with van der Waals surface area (Å²) in [4.78, 5) is 0. The third kappa shape index (κ3) is 4.46. The topological polar surface area (TPSA) is 42.2 Å². The van der Waals surface area contributed by atoms with E-state index in [0.717, 1.165) is 12.8 Å². The van der Waals surface area contributed by atoms with E-state index in [-0.39, 0.29) is 18.3 Å². The second-order valence-electron chi connectivity index (χ2n) is 9.19. The van der Waals surface area contributed by atoms with Crippen LogP contribution < -0.4 is 10.4 Å². The Balaban J connectivity index is 2.10. The van der Waals surface area contributed by atoms with Crippen molar-refractivity contribution in [2.24, 2.45) is 0 Å². The van der Waals surface area contributed by atoms with E-state index in [1.54, 1.807) is 0 Å². The van der Waals surface area contributed by atoms with Gasteiger partial charge in [-0.25, -0.2) is 0 Å². The van der Waals surface area contributed by atoms with E-state index in [1.165, 1.54) is 15.6 Å². The molecule has 3 nitrogen and oxygen atoms in total. The summed E-state index contributed by atoms with van der Waals surface area (Å²) in [6.45, 7) is 10.7. The number of hydrogen-bond donors (Lipinski definition) is 0. The van der Waals surface area contributed by atoms with Crippen LogP contribution in [0.2, 0.25) is 6.55 Å². The standard InChI is InChI=1S/C25H32BNO2Si/c1-24(2)25(3,4)29-26(28-24)20-23(18-12-13-19-27)30(5,21-14-8-6-9-15-21)22-16-10-7-11-17-22/h6-11,14-17,20H,12-13,18H2,1-5H3/b23-20+. The lowest BCUT2D eigenvalue weighted by molar-refractivity contribution is 0.00578. The Kier molecular flexibility index (Phi) is 6.72. The van der Waals surface area contributed by atoms with Crippen LogP contribution in [0.5, 0.6) is 0 Å². The number of allylic oxidation sites excluding steroid dienone is 1. The molecule has 0 aliphatic carbocycles. The highest BCUT2D eigenvalue weighted by molar-refractivity contribution is 7.06. The highest BCUT2D eigenvalue weighted by atomic mass is 28.3. The van der Waals surface area contributed by atoms with E-state index in [9.17, 15) is 0 Å². The molecule has 1 fully saturated rings. The van der Waals surface area contributed by atoms with Gasteiger partial charge in [0.25, 0.3) is 0 Å². The molecule has 3 rings (SSSR count). The fraction of sp³-hybridized carbons (Fsp3) is 0.400. The van der Waals surface area contributed by atoms with Crippen LogP contribution in [0.3, 0.4) is 0 Å². The van der Waals surface area contributed by atoms with Crippen molar-refractivity contribution in [1.82, 2.24) is 0 Å². The van der Waals surface area contributed by atoms with Crippen LogP contribution in [-0.4, -0.2) is 26.4 Å². The van der Waals surface area contributed by atoms with Crippen molar-refractivity contribution in [2.45, 2.75) is 64.7 Å².